The van der Waals surface area contributed by atoms with Gasteiger partial charge in [0.2, 0.25) is 0 Å². The summed E-state index contributed by atoms with van der Waals surface area (Å²) in [4.78, 5) is 10.7. The molecule has 0 heterocycles. The highest BCUT2D eigenvalue weighted by atomic mass is 16.7. The molecule has 3 nitrogen and oxygen atoms in total. The van der Waals surface area contributed by atoms with E-state index in [1.807, 2.05) is 6.07 Å². The number of unbranched alkanes of at least 4 members (excludes halogenated alkanes) is 4. The Bertz CT molecular complexity index is 399. The highest BCUT2D eigenvalue weighted by Crippen LogP contribution is 2.25. The van der Waals surface area contributed by atoms with Gasteiger partial charge in [-0.1, -0.05) is 51.7 Å². The van der Waals surface area contributed by atoms with E-state index in [-0.39, 0.29) is 0 Å². The van der Waals surface area contributed by atoms with Crippen LogP contribution in [0.2, 0.25) is 0 Å². The third kappa shape index (κ3) is 5.33. The average molecular weight is 264 g/mol. The zero-order valence-corrected chi connectivity index (χ0v) is 11.9. The highest BCUT2D eigenvalue weighted by molar-refractivity contribution is 5.62. The Morgan fingerprint density at radius 3 is 2.53 bits per heavy atom. The molecule has 0 amide bonds. The fraction of sp³-hybridized carbons (Fsp3) is 0.562. The van der Waals surface area contributed by atoms with Crippen molar-refractivity contribution in [3.63, 3.8) is 0 Å². The summed E-state index contributed by atoms with van der Waals surface area (Å²) in [7, 11) is 0. The van der Waals surface area contributed by atoms with Gasteiger partial charge in [0.1, 0.15) is 5.75 Å². The molecule has 19 heavy (non-hydrogen) atoms. The minimum Gasteiger partial charge on any atom is -0.449 e. The lowest BCUT2D eigenvalue weighted by molar-refractivity contribution is 0.144. The molecule has 0 aromatic heterocycles. The van der Waals surface area contributed by atoms with E-state index in [0.29, 0.717) is 5.75 Å². The molecule has 0 aliphatic heterocycles. The maximum atomic E-state index is 10.7. The topological polar surface area (TPSA) is 46.5 Å². The Labute approximate surface area is 115 Å². The lowest BCUT2D eigenvalue weighted by Crippen LogP contribution is -2.07. The fourth-order valence-electron chi connectivity index (χ4n) is 2.32. The van der Waals surface area contributed by atoms with Crippen molar-refractivity contribution in [1.29, 1.82) is 0 Å². The van der Waals surface area contributed by atoms with Crippen LogP contribution in [0.3, 0.4) is 0 Å². The monoisotopic (exact) mass is 264 g/mol. The van der Waals surface area contributed by atoms with Gasteiger partial charge < -0.3 is 9.84 Å². The molecule has 0 aliphatic rings. The van der Waals surface area contributed by atoms with E-state index in [2.05, 4.69) is 19.9 Å². The Morgan fingerprint density at radius 2 is 1.89 bits per heavy atom. The van der Waals surface area contributed by atoms with Crippen molar-refractivity contribution in [2.24, 2.45) is 0 Å². The normalized spacial score (nSPS) is 10.4. The Morgan fingerprint density at radius 1 is 1.16 bits per heavy atom. The molecule has 1 rings (SSSR count). The lowest BCUT2D eigenvalue weighted by atomic mass is 9.98. The molecule has 3 heteroatoms. The van der Waals surface area contributed by atoms with Gasteiger partial charge >= 0.3 is 6.16 Å². The van der Waals surface area contributed by atoms with Crippen LogP contribution in [0.4, 0.5) is 4.79 Å². The van der Waals surface area contributed by atoms with Crippen LogP contribution in [-0.2, 0) is 12.8 Å². The molecule has 0 spiro atoms. The molecule has 1 aromatic carbocycles. The van der Waals surface area contributed by atoms with Crippen LogP contribution in [0.25, 0.3) is 0 Å². The van der Waals surface area contributed by atoms with Gasteiger partial charge in [0.25, 0.3) is 0 Å². The molecule has 0 unspecified atom stereocenters. The number of carbonyl (C=O) groups is 1. The predicted octanol–water partition coefficient (Wildman–Crippen LogP) is 4.82. The summed E-state index contributed by atoms with van der Waals surface area (Å²) in [6.07, 6.45) is 6.61. The van der Waals surface area contributed by atoms with Crippen LogP contribution in [0.15, 0.2) is 18.2 Å². The van der Waals surface area contributed by atoms with Crippen LogP contribution in [0, 0.1) is 0 Å². The molecule has 106 valence electrons. The largest absolute Gasteiger partial charge is 0.511 e. The van der Waals surface area contributed by atoms with Crippen LogP contribution >= 0.6 is 0 Å². The molecular formula is C16H24O3. The molecule has 0 aliphatic carbocycles. The van der Waals surface area contributed by atoms with E-state index >= 15 is 0 Å². The minimum absolute atomic E-state index is 0.502. The Balaban J connectivity index is 2.68. The molecule has 0 fully saturated rings. The van der Waals surface area contributed by atoms with E-state index in [0.717, 1.165) is 24.8 Å². The van der Waals surface area contributed by atoms with Gasteiger partial charge in [0.05, 0.1) is 0 Å². The second kappa shape index (κ2) is 8.57. The first kappa shape index (κ1) is 15.5. The van der Waals surface area contributed by atoms with E-state index in [4.69, 9.17) is 9.84 Å². The van der Waals surface area contributed by atoms with Crippen molar-refractivity contribution < 1.29 is 14.6 Å². The van der Waals surface area contributed by atoms with Crippen LogP contribution in [0.1, 0.15) is 57.1 Å². The quantitative estimate of drug-likeness (QED) is 0.416. The summed E-state index contributed by atoms with van der Waals surface area (Å²) in [5.41, 5.74) is 2.25. The number of rotatable bonds is 8. The summed E-state index contributed by atoms with van der Waals surface area (Å²) in [6, 6.07) is 5.66. The number of benzene rings is 1. The number of hydrogen-bond donors (Lipinski definition) is 1. The van der Waals surface area contributed by atoms with E-state index in [9.17, 15) is 4.79 Å². The van der Waals surface area contributed by atoms with Crippen LogP contribution in [0.5, 0.6) is 5.75 Å². The van der Waals surface area contributed by atoms with Gasteiger partial charge in [0, 0.05) is 0 Å². The van der Waals surface area contributed by atoms with Gasteiger partial charge in [-0.15, -0.1) is 0 Å². The van der Waals surface area contributed by atoms with E-state index in [1.54, 1.807) is 6.07 Å². The fourth-order valence-corrected chi connectivity index (χ4v) is 2.32. The molecule has 0 bridgehead atoms. The third-order valence-electron chi connectivity index (χ3n) is 3.34. The average Bonchev–Trinajstić information content (AvgIpc) is 2.39. The van der Waals surface area contributed by atoms with Crippen molar-refractivity contribution >= 4 is 6.16 Å². The van der Waals surface area contributed by atoms with Crippen molar-refractivity contribution in [2.75, 3.05) is 0 Å². The summed E-state index contributed by atoms with van der Waals surface area (Å²) < 4.78 is 4.88. The predicted molar refractivity (Wildman–Crippen MR) is 76.9 cm³/mol. The summed E-state index contributed by atoms with van der Waals surface area (Å²) >= 11 is 0. The van der Waals surface area contributed by atoms with Gasteiger partial charge in [-0.3, -0.25) is 0 Å². The summed E-state index contributed by atoms with van der Waals surface area (Å²) in [6.45, 7) is 4.28. The molecule has 1 aromatic rings. The van der Waals surface area contributed by atoms with Crippen LogP contribution < -0.4 is 4.74 Å². The first-order valence-electron chi connectivity index (χ1n) is 7.20. The van der Waals surface area contributed by atoms with Crippen LogP contribution in [-0.4, -0.2) is 11.3 Å². The SMILES string of the molecule is CCCCCCCc1c(CC)cccc1OC(=O)O. The van der Waals surface area contributed by atoms with Gasteiger partial charge in [-0.25, -0.2) is 4.79 Å². The zero-order chi connectivity index (χ0) is 14.1. The molecule has 0 radical (unpaired) electrons. The first-order chi connectivity index (χ1) is 9.19. The standard InChI is InChI=1S/C16H24O3/c1-3-5-6-7-8-11-14-13(4-2)10-9-12-15(14)19-16(17)18/h9-10,12H,3-8,11H2,1-2H3,(H,17,18). The van der Waals surface area contributed by atoms with E-state index in [1.165, 1.54) is 31.2 Å². The third-order valence-corrected chi connectivity index (χ3v) is 3.34. The number of carboxylic acid groups (broad SMARTS) is 1. The second-order valence-corrected chi connectivity index (χ2v) is 4.78. The smallest absolute Gasteiger partial charge is 0.449 e. The second-order valence-electron chi connectivity index (χ2n) is 4.78. The Kier molecular flexibility index (Phi) is 7.01. The lowest BCUT2D eigenvalue weighted by Gasteiger charge is -2.12. The highest BCUT2D eigenvalue weighted by Gasteiger charge is 2.11. The zero-order valence-electron chi connectivity index (χ0n) is 11.9. The van der Waals surface area contributed by atoms with Crippen molar-refractivity contribution in [2.45, 2.75) is 58.8 Å². The molecule has 1 N–H and O–H groups in total. The van der Waals surface area contributed by atoms with Gasteiger partial charge in [-0.2, -0.15) is 0 Å². The van der Waals surface area contributed by atoms with Crippen molar-refractivity contribution in [3.05, 3.63) is 29.3 Å². The minimum atomic E-state index is -1.24. The summed E-state index contributed by atoms with van der Waals surface area (Å²) in [5.74, 6) is 0.502. The maximum Gasteiger partial charge on any atom is 0.511 e. The van der Waals surface area contributed by atoms with Gasteiger partial charge in [-0.05, 0) is 36.5 Å². The summed E-state index contributed by atoms with van der Waals surface area (Å²) in [5, 5.41) is 8.77. The first-order valence-corrected chi connectivity index (χ1v) is 7.20. The molecule has 0 atom stereocenters. The molecule has 0 saturated carbocycles. The van der Waals surface area contributed by atoms with Crippen molar-refractivity contribution in [1.82, 2.24) is 0 Å². The maximum absolute atomic E-state index is 10.7. The van der Waals surface area contributed by atoms with E-state index < -0.39 is 6.16 Å². The molecule has 0 saturated heterocycles. The van der Waals surface area contributed by atoms with Crippen molar-refractivity contribution in [3.8, 4) is 5.75 Å². The number of hydrogen-bond acceptors (Lipinski definition) is 2. The molecular weight excluding hydrogens is 240 g/mol. The number of ether oxygens (including phenoxy) is 1. The Hall–Kier alpha value is -1.51. The van der Waals surface area contributed by atoms with Gasteiger partial charge in [0.15, 0.2) is 0 Å². The number of aryl methyl sites for hydroxylation is 1.